The Morgan fingerprint density at radius 3 is 2.07 bits per heavy atom. The Morgan fingerprint density at radius 2 is 1.60 bits per heavy atom. The number of methoxy groups -OCH3 is 1. The number of carbonyl (C=O) groups excluding carboxylic acids is 3. The molecule has 2 aromatic carbocycles. The zero-order valence-electron chi connectivity index (χ0n) is 22.4. The van der Waals surface area contributed by atoms with Crippen molar-refractivity contribution in [2.24, 2.45) is 10.2 Å². The summed E-state index contributed by atoms with van der Waals surface area (Å²) in [7, 11) is 1.35. The van der Waals surface area contributed by atoms with Gasteiger partial charge in [0.25, 0.3) is 5.69 Å². The zero-order valence-corrected chi connectivity index (χ0v) is 24.0. The van der Waals surface area contributed by atoms with Gasteiger partial charge in [-0.3, -0.25) is 25.0 Å². The lowest BCUT2D eigenvalue weighted by Gasteiger charge is -2.27. The predicted molar refractivity (Wildman–Crippen MR) is 153 cm³/mol. The lowest BCUT2D eigenvalue weighted by Crippen LogP contribution is -2.32. The van der Waals surface area contributed by atoms with Gasteiger partial charge in [-0.1, -0.05) is 13.2 Å². The van der Waals surface area contributed by atoms with Gasteiger partial charge >= 0.3 is 17.6 Å². The van der Waals surface area contributed by atoms with Gasteiger partial charge in [-0.25, -0.2) is 9.59 Å². The summed E-state index contributed by atoms with van der Waals surface area (Å²) in [5.41, 5.74) is -1.03. The number of azo groups is 1. The number of nitro benzene ring substituents is 2. The number of ether oxygens (including phenoxy) is 3. The maximum absolute atomic E-state index is 12.0. The first kappa shape index (κ1) is 33.0. The molecule has 0 saturated carbocycles. The normalized spacial score (nSPS) is 10.5. The number of hydrogen-bond donors (Lipinski definition) is 1. The molecule has 2 rings (SSSR count). The monoisotopic (exact) mass is 648 g/mol. The topological polar surface area (TPSA) is 205 Å². The average Bonchev–Trinajstić information content (AvgIpc) is 2.94. The minimum Gasteiger partial charge on any atom is -0.494 e. The summed E-state index contributed by atoms with van der Waals surface area (Å²) in [6.45, 7) is 7.95. The Kier molecular flexibility index (Phi) is 12.2. The maximum Gasteiger partial charge on any atom is 0.330 e. The Morgan fingerprint density at radius 1 is 1.00 bits per heavy atom. The van der Waals surface area contributed by atoms with E-state index in [9.17, 15) is 34.6 Å². The maximum atomic E-state index is 12.0. The van der Waals surface area contributed by atoms with Crippen molar-refractivity contribution in [2.75, 3.05) is 43.6 Å². The van der Waals surface area contributed by atoms with Crippen LogP contribution >= 0.6 is 15.9 Å². The molecule has 1 amide bonds. The molecule has 17 heteroatoms. The van der Waals surface area contributed by atoms with Gasteiger partial charge in [0, 0.05) is 31.2 Å². The van der Waals surface area contributed by atoms with Gasteiger partial charge in [0.15, 0.2) is 5.69 Å². The van der Waals surface area contributed by atoms with Crippen LogP contribution in [0.1, 0.15) is 6.92 Å². The largest absolute Gasteiger partial charge is 0.494 e. The lowest BCUT2D eigenvalue weighted by atomic mass is 10.2. The molecule has 1 N–H and O–H groups in total. The molecule has 0 radical (unpaired) electrons. The smallest absolute Gasteiger partial charge is 0.330 e. The van der Waals surface area contributed by atoms with Crippen LogP contribution in [0.15, 0.2) is 64.3 Å². The van der Waals surface area contributed by atoms with Crippen LogP contribution in [0, 0.1) is 20.2 Å². The highest BCUT2D eigenvalue weighted by Crippen LogP contribution is 2.43. The number of rotatable bonds is 15. The second-order valence-electron chi connectivity index (χ2n) is 7.96. The van der Waals surface area contributed by atoms with Crippen LogP contribution in [0.4, 0.5) is 34.1 Å². The van der Waals surface area contributed by atoms with Crippen LogP contribution in [0.2, 0.25) is 0 Å². The molecule has 0 saturated heterocycles. The Hall–Kier alpha value is -5.19. The molecule has 0 atom stereocenters. The average molecular weight is 649 g/mol. The first-order valence-corrected chi connectivity index (χ1v) is 12.6. The van der Waals surface area contributed by atoms with E-state index in [1.54, 1.807) is 4.90 Å². The standard InChI is InChI=1S/C25H25BrN6O10/c1-5-23(34)41-9-7-30(8-10-42-24(35)6-2)20-13-18(27-15(3)33)19(14-22(20)40-4)28-29-25-17(26)11-16(31(36)37)12-21(25)32(38)39/h5-6,11-14H,1-2,7-10H2,3-4H3,(H,27,33)/b29-28+. The number of nitrogens with zero attached hydrogens (tertiary/aromatic N) is 5. The van der Waals surface area contributed by atoms with Gasteiger partial charge in [0.05, 0.1) is 52.0 Å². The van der Waals surface area contributed by atoms with Crippen molar-refractivity contribution in [3.8, 4) is 5.75 Å². The fourth-order valence-corrected chi connectivity index (χ4v) is 3.86. The highest BCUT2D eigenvalue weighted by molar-refractivity contribution is 9.10. The first-order valence-electron chi connectivity index (χ1n) is 11.8. The summed E-state index contributed by atoms with van der Waals surface area (Å²) in [6, 6.07) is 4.63. The molecular weight excluding hydrogens is 624 g/mol. The van der Waals surface area contributed by atoms with Gasteiger partial charge in [-0.05, 0) is 22.0 Å². The number of esters is 2. The quantitative estimate of drug-likeness (QED) is 0.0902. The van der Waals surface area contributed by atoms with E-state index in [1.165, 1.54) is 26.2 Å². The summed E-state index contributed by atoms with van der Waals surface area (Å²) in [5, 5.41) is 33.3. The highest BCUT2D eigenvalue weighted by Gasteiger charge is 2.24. The van der Waals surface area contributed by atoms with E-state index < -0.39 is 39.1 Å². The van der Waals surface area contributed by atoms with Crippen LogP contribution in [-0.2, 0) is 23.9 Å². The molecule has 0 bridgehead atoms. The number of carbonyl (C=O) groups is 3. The third-order valence-corrected chi connectivity index (χ3v) is 5.79. The SMILES string of the molecule is C=CC(=O)OCCN(CCOC(=O)C=C)c1cc(NC(C)=O)c(/N=N/c2c(Br)cc([N+](=O)[O-])cc2[N+](=O)[O-])cc1OC. The molecule has 2 aromatic rings. The molecule has 0 heterocycles. The number of amides is 1. The number of non-ortho nitro benzene ring substituents is 1. The second-order valence-corrected chi connectivity index (χ2v) is 8.82. The van der Waals surface area contributed by atoms with Crippen LogP contribution < -0.4 is 15.0 Å². The summed E-state index contributed by atoms with van der Waals surface area (Å²) in [6.07, 6.45) is 2.00. The third kappa shape index (κ3) is 9.19. The minimum atomic E-state index is -0.846. The number of halogens is 1. The summed E-state index contributed by atoms with van der Waals surface area (Å²) < 4.78 is 15.6. The molecule has 0 unspecified atom stereocenters. The van der Waals surface area contributed by atoms with E-state index in [2.05, 4.69) is 44.6 Å². The lowest BCUT2D eigenvalue weighted by molar-refractivity contribution is -0.393. The molecule has 0 aliphatic heterocycles. The van der Waals surface area contributed by atoms with Crippen molar-refractivity contribution in [2.45, 2.75) is 6.92 Å². The molecule has 0 aromatic heterocycles. The molecule has 0 aliphatic carbocycles. The van der Waals surface area contributed by atoms with Crippen LogP contribution in [0.3, 0.4) is 0 Å². The predicted octanol–water partition coefficient (Wildman–Crippen LogP) is 4.91. The summed E-state index contributed by atoms with van der Waals surface area (Å²) in [5.74, 6) is -1.60. The fourth-order valence-electron chi connectivity index (χ4n) is 3.34. The Labute approximate surface area is 247 Å². The van der Waals surface area contributed by atoms with Crippen LogP contribution in [0.5, 0.6) is 5.75 Å². The fraction of sp³-hybridized carbons (Fsp3) is 0.240. The zero-order chi connectivity index (χ0) is 31.4. The summed E-state index contributed by atoms with van der Waals surface area (Å²) in [4.78, 5) is 57.8. The van der Waals surface area contributed by atoms with Crippen molar-refractivity contribution in [1.29, 1.82) is 0 Å². The number of hydrogen-bond acceptors (Lipinski definition) is 13. The number of anilines is 2. The van der Waals surface area contributed by atoms with E-state index in [0.29, 0.717) is 5.69 Å². The Bertz CT molecular complexity index is 1420. The van der Waals surface area contributed by atoms with Crippen molar-refractivity contribution < 1.29 is 38.4 Å². The number of nitrogens with one attached hydrogen (secondary N) is 1. The van der Waals surface area contributed by atoms with E-state index in [-0.39, 0.29) is 53.6 Å². The van der Waals surface area contributed by atoms with Crippen molar-refractivity contribution in [3.63, 3.8) is 0 Å². The van der Waals surface area contributed by atoms with Gasteiger partial charge in [-0.15, -0.1) is 10.2 Å². The van der Waals surface area contributed by atoms with Crippen molar-refractivity contribution in [1.82, 2.24) is 0 Å². The summed E-state index contributed by atoms with van der Waals surface area (Å²) >= 11 is 3.06. The highest BCUT2D eigenvalue weighted by atomic mass is 79.9. The first-order chi connectivity index (χ1) is 19.9. The number of benzene rings is 2. The molecule has 0 spiro atoms. The van der Waals surface area contributed by atoms with Crippen LogP contribution in [0.25, 0.3) is 0 Å². The molecule has 0 fully saturated rings. The van der Waals surface area contributed by atoms with Crippen molar-refractivity contribution in [3.05, 3.63) is 74.3 Å². The number of nitro groups is 2. The second kappa shape index (κ2) is 15.6. The van der Waals surface area contributed by atoms with Gasteiger partial charge < -0.3 is 24.4 Å². The van der Waals surface area contributed by atoms with E-state index in [1.807, 2.05) is 0 Å². The third-order valence-electron chi connectivity index (χ3n) is 5.19. The molecule has 16 nitrogen and oxygen atoms in total. The van der Waals surface area contributed by atoms with Gasteiger partial charge in [0.1, 0.15) is 24.7 Å². The van der Waals surface area contributed by atoms with Gasteiger partial charge in [0.2, 0.25) is 5.91 Å². The molecular formula is C25H25BrN6O10. The van der Waals surface area contributed by atoms with Crippen molar-refractivity contribution >= 4 is 67.9 Å². The Balaban J connectivity index is 2.60. The van der Waals surface area contributed by atoms with Crippen LogP contribution in [-0.4, -0.2) is 61.1 Å². The van der Waals surface area contributed by atoms with E-state index in [0.717, 1.165) is 24.3 Å². The molecule has 222 valence electrons. The van der Waals surface area contributed by atoms with E-state index >= 15 is 0 Å². The van der Waals surface area contributed by atoms with E-state index in [4.69, 9.17) is 14.2 Å². The molecule has 42 heavy (non-hydrogen) atoms. The minimum absolute atomic E-state index is 0.0153. The van der Waals surface area contributed by atoms with Gasteiger partial charge in [-0.2, -0.15) is 0 Å². The molecule has 0 aliphatic rings.